The number of hydrogen-bond acceptors (Lipinski definition) is 3. The summed E-state index contributed by atoms with van der Waals surface area (Å²) in [7, 11) is 1.72. The van der Waals surface area contributed by atoms with Crippen LogP contribution in [0.25, 0.3) is 0 Å². The maximum Gasteiger partial charge on any atom is 0.254 e. The molecule has 4 heteroatoms. The summed E-state index contributed by atoms with van der Waals surface area (Å²) >= 11 is 0. The first-order valence-electron chi connectivity index (χ1n) is 9.88. The SMILES string of the molecule is COc1ccc2c(c1)CC[C@@H]1C2CCCN1C(=O)c1ccc2c(c1)N=CC2. The minimum absolute atomic E-state index is 0.159. The van der Waals surface area contributed by atoms with E-state index in [1.807, 2.05) is 18.3 Å². The Morgan fingerprint density at radius 3 is 2.96 bits per heavy atom. The molecule has 1 amide bonds. The molecule has 1 unspecified atom stereocenters. The van der Waals surface area contributed by atoms with Gasteiger partial charge in [0, 0.05) is 36.7 Å². The number of likely N-dealkylation sites (tertiary alicyclic amines) is 1. The summed E-state index contributed by atoms with van der Waals surface area (Å²) in [5.41, 5.74) is 5.73. The highest BCUT2D eigenvalue weighted by Crippen LogP contribution is 2.42. The molecule has 0 bridgehead atoms. The van der Waals surface area contributed by atoms with Gasteiger partial charge in [0.2, 0.25) is 0 Å². The second-order valence-electron chi connectivity index (χ2n) is 7.78. The number of methoxy groups -OCH3 is 1. The van der Waals surface area contributed by atoms with Crippen molar-refractivity contribution in [2.24, 2.45) is 4.99 Å². The zero-order chi connectivity index (χ0) is 18.4. The molecule has 2 aromatic rings. The van der Waals surface area contributed by atoms with Crippen LogP contribution in [0.15, 0.2) is 41.4 Å². The van der Waals surface area contributed by atoms with Gasteiger partial charge in [0.15, 0.2) is 0 Å². The van der Waals surface area contributed by atoms with Crippen molar-refractivity contribution in [3.8, 4) is 5.75 Å². The van der Waals surface area contributed by atoms with Crippen LogP contribution in [-0.4, -0.2) is 36.7 Å². The summed E-state index contributed by atoms with van der Waals surface area (Å²) in [4.78, 5) is 19.9. The van der Waals surface area contributed by atoms with Crippen LogP contribution in [-0.2, 0) is 12.8 Å². The topological polar surface area (TPSA) is 41.9 Å². The van der Waals surface area contributed by atoms with Crippen LogP contribution in [0.5, 0.6) is 5.75 Å². The molecule has 1 aliphatic carbocycles. The van der Waals surface area contributed by atoms with Crippen molar-refractivity contribution < 1.29 is 9.53 Å². The molecular weight excluding hydrogens is 336 g/mol. The van der Waals surface area contributed by atoms with Crippen LogP contribution < -0.4 is 4.74 Å². The van der Waals surface area contributed by atoms with Crippen molar-refractivity contribution in [1.82, 2.24) is 4.90 Å². The molecule has 0 N–H and O–H groups in total. The molecule has 0 radical (unpaired) electrons. The highest BCUT2D eigenvalue weighted by molar-refractivity contribution is 5.96. The number of aryl methyl sites for hydroxylation is 1. The van der Waals surface area contributed by atoms with E-state index >= 15 is 0 Å². The highest BCUT2D eigenvalue weighted by Gasteiger charge is 2.38. The van der Waals surface area contributed by atoms with Crippen molar-refractivity contribution in [2.75, 3.05) is 13.7 Å². The molecule has 1 saturated heterocycles. The molecule has 5 rings (SSSR count). The van der Waals surface area contributed by atoms with Gasteiger partial charge in [-0.3, -0.25) is 9.79 Å². The maximum absolute atomic E-state index is 13.3. The molecule has 0 saturated carbocycles. The molecule has 138 valence electrons. The Kier molecular flexibility index (Phi) is 4.00. The van der Waals surface area contributed by atoms with Gasteiger partial charge >= 0.3 is 0 Å². The highest BCUT2D eigenvalue weighted by atomic mass is 16.5. The molecule has 4 nitrogen and oxygen atoms in total. The molecule has 0 aromatic heterocycles. The van der Waals surface area contributed by atoms with Crippen LogP contribution in [0.2, 0.25) is 0 Å². The normalized spacial score (nSPS) is 22.8. The molecule has 2 aromatic carbocycles. The fourth-order valence-electron chi connectivity index (χ4n) is 5.02. The summed E-state index contributed by atoms with van der Waals surface area (Å²) in [6, 6.07) is 12.7. The third kappa shape index (κ3) is 2.75. The van der Waals surface area contributed by atoms with Crippen LogP contribution >= 0.6 is 0 Å². The van der Waals surface area contributed by atoms with E-state index in [2.05, 4.69) is 34.2 Å². The Labute approximate surface area is 159 Å². The molecule has 2 aliphatic heterocycles. The zero-order valence-corrected chi connectivity index (χ0v) is 15.6. The number of piperidine rings is 1. The third-order valence-electron chi connectivity index (χ3n) is 6.37. The molecule has 2 atom stereocenters. The standard InChI is InChI=1S/C23H24N2O2/c1-27-18-7-8-19-16(13-18)6-9-22-20(19)3-2-12-25(22)23(26)17-5-4-15-10-11-24-21(15)14-17/h4-5,7-8,11,13-14,20,22H,2-3,6,9-10,12H2,1H3/t20?,22-/m1/s1. The van der Waals surface area contributed by atoms with E-state index in [4.69, 9.17) is 4.74 Å². The Morgan fingerprint density at radius 2 is 2.07 bits per heavy atom. The average Bonchev–Trinajstić information content (AvgIpc) is 3.20. The van der Waals surface area contributed by atoms with Crippen molar-refractivity contribution in [1.29, 1.82) is 0 Å². The van der Waals surface area contributed by atoms with Gasteiger partial charge in [0.25, 0.3) is 5.91 Å². The van der Waals surface area contributed by atoms with E-state index in [0.29, 0.717) is 12.0 Å². The first-order valence-corrected chi connectivity index (χ1v) is 9.88. The fraction of sp³-hybridized carbons (Fsp3) is 0.391. The van der Waals surface area contributed by atoms with Gasteiger partial charge in [-0.25, -0.2) is 0 Å². The van der Waals surface area contributed by atoms with Gasteiger partial charge in [0.1, 0.15) is 5.75 Å². The van der Waals surface area contributed by atoms with Crippen LogP contribution in [0.1, 0.15) is 52.2 Å². The Bertz CT molecular complexity index is 934. The number of rotatable bonds is 2. The van der Waals surface area contributed by atoms with Crippen molar-refractivity contribution in [2.45, 2.75) is 44.1 Å². The molecule has 3 aliphatic rings. The number of benzene rings is 2. The number of carbonyl (C=O) groups excluding carboxylic acids is 1. The van der Waals surface area contributed by atoms with Gasteiger partial charge in [-0.05, 0) is 66.6 Å². The second-order valence-corrected chi connectivity index (χ2v) is 7.78. The van der Waals surface area contributed by atoms with E-state index in [0.717, 1.165) is 55.6 Å². The average molecular weight is 360 g/mol. The summed E-state index contributed by atoms with van der Waals surface area (Å²) in [6.45, 7) is 0.853. The van der Waals surface area contributed by atoms with Gasteiger partial charge < -0.3 is 9.64 Å². The zero-order valence-electron chi connectivity index (χ0n) is 15.6. The van der Waals surface area contributed by atoms with E-state index < -0.39 is 0 Å². The summed E-state index contributed by atoms with van der Waals surface area (Å²) < 4.78 is 5.39. The van der Waals surface area contributed by atoms with E-state index in [1.165, 1.54) is 16.7 Å². The van der Waals surface area contributed by atoms with Gasteiger partial charge in [-0.15, -0.1) is 0 Å². The fourth-order valence-corrected chi connectivity index (χ4v) is 5.02. The lowest BCUT2D eigenvalue weighted by Crippen LogP contribution is -2.49. The predicted molar refractivity (Wildman–Crippen MR) is 106 cm³/mol. The number of ether oxygens (including phenoxy) is 1. The number of nitrogens with zero attached hydrogens (tertiary/aromatic N) is 2. The largest absolute Gasteiger partial charge is 0.497 e. The number of amides is 1. The Balaban J connectivity index is 1.44. The number of carbonyl (C=O) groups is 1. The molecule has 0 spiro atoms. The third-order valence-corrected chi connectivity index (χ3v) is 6.37. The number of hydrogen-bond donors (Lipinski definition) is 0. The molecule has 27 heavy (non-hydrogen) atoms. The number of aliphatic imine (C=N–C) groups is 1. The lowest BCUT2D eigenvalue weighted by molar-refractivity contribution is 0.0546. The minimum Gasteiger partial charge on any atom is -0.497 e. The van der Waals surface area contributed by atoms with Gasteiger partial charge in [-0.2, -0.15) is 0 Å². The lowest BCUT2D eigenvalue weighted by atomic mass is 9.74. The summed E-state index contributed by atoms with van der Waals surface area (Å²) in [6.07, 6.45) is 7.04. The Morgan fingerprint density at radius 1 is 1.15 bits per heavy atom. The van der Waals surface area contributed by atoms with E-state index in [9.17, 15) is 4.79 Å². The van der Waals surface area contributed by atoms with Crippen molar-refractivity contribution >= 4 is 17.8 Å². The number of fused-ring (bicyclic) bond motifs is 4. The maximum atomic E-state index is 13.3. The lowest BCUT2D eigenvalue weighted by Gasteiger charge is -2.45. The minimum atomic E-state index is 0.159. The predicted octanol–water partition coefficient (Wildman–Crippen LogP) is 4.29. The van der Waals surface area contributed by atoms with E-state index in [-0.39, 0.29) is 5.91 Å². The smallest absolute Gasteiger partial charge is 0.254 e. The summed E-state index contributed by atoms with van der Waals surface area (Å²) in [5, 5.41) is 0. The summed E-state index contributed by atoms with van der Waals surface area (Å²) in [5.74, 6) is 1.52. The molecule has 2 heterocycles. The van der Waals surface area contributed by atoms with Crippen LogP contribution in [0.4, 0.5) is 5.69 Å². The monoisotopic (exact) mass is 360 g/mol. The molecular formula is C23H24N2O2. The quantitative estimate of drug-likeness (QED) is 0.802. The van der Waals surface area contributed by atoms with Crippen molar-refractivity contribution in [3.63, 3.8) is 0 Å². The van der Waals surface area contributed by atoms with Crippen LogP contribution in [0.3, 0.4) is 0 Å². The molecule has 1 fully saturated rings. The second kappa shape index (κ2) is 6.52. The first-order chi connectivity index (χ1) is 13.2. The van der Waals surface area contributed by atoms with Crippen molar-refractivity contribution in [3.05, 3.63) is 58.7 Å². The first kappa shape index (κ1) is 16.5. The van der Waals surface area contributed by atoms with Gasteiger partial charge in [0.05, 0.1) is 12.8 Å². The van der Waals surface area contributed by atoms with E-state index in [1.54, 1.807) is 7.11 Å². The van der Waals surface area contributed by atoms with Crippen LogP contribution in [0, 0.1) is 0 Å². The van der Waals surface area contributed by atoms with Gasteiger partial charge in [-0.1, -0.05) is 12.1 Å². The Hall–Kier alpha value is -2.62.